The lowest BCUT2D eigenvalue weighted by molar-refractivity contribution is -0.137. The van der Waals surface area contributed by atoms with Gasteiger partial charge >= 0.3 is 6.18 Å². The van der Waals surface area contributed by atoms with Crippen molar-refractivity contribution in [2.75, 3.05) is 5.32 Å². The van der Waals surface area contributed by atoms with Gasteiger partial charge in [0, 0.05) is 15.6 Å². The van der Waals surface area contributed by atoms with Crippen molar-refractivity contribution in [2.24, 2.45) is 0 Å². The average Bonchev–Trinajstić information content (AvgIpc) is 2.54. The van der Waals surface area contributed by atoms with E-state index in [-0.39, 0.29) is 11.2 Å². The number of amides is 1. The number of hydrogen-bond acceptors (Lipinski definition) is 2. The molecule has 0 aliphatic rings. The molecule has 0 saturated carbocycles. The molecule has 0 spiro atoms. The van der Waals surface area contributed by atoms with Gasteiger partial charge in [0.25, 0.3) is 0 Å². The van der Waals surface area contributed by atoms with E-state index in [1.54, 1.807) is 12.1 Å². The monoisotopic (exact) mass is 373 g/mol. The van der Waals surface area contributed by atoms with Crippen molar-refractivity contribution >= 4 is 35.0 Å². The van der Waals surface area contributed by atoms with Gasteiger partial charge in [-0.1, -0.05) is 18.5 Å². The van der Waals surface area contributed by atoms with Crippen molar-refractivity contribution in [1.29, 1.82) is 0 Å². The molecule has 128 valence electrons. The lowest BCUT2D eigenvalue weighted by Gasteiger charge is -2.15. The fourth-order valence-corrected chi connectivity index (χ4v) is 3.05. The minimum atomic E-state index is -4.39. The van der Waals surface area contributed by atoms with Crippen LogP contribution in [0, 0.1) is 0 Å². The molecule has 2 aromatic carbocycles. The predicted molar refractivity (Wildman–Crippen MR) is 91.5 cm³/mol. The van der Waals surface area contributed by atoms with Crippen LogP contribution >= 0.6 is 23.4 Å². The second-order valence-electron chi connectivity index (χ2n) is 5.03. The van der Waals surface area contributed by atoms with Gasteiger partial charge < -0.3 is 5.32 Å². The van der Waals surface area contributed by atoms with Crippen LogP contribution in [0.5, 0.6) is 0 Å². The van der Waals surface area contributed by atoms with Crippen LogP contribution in [0.3, 0.4) is 0 Å². The molecular weight excluding hydrogens is 359 g/mol. The van der Waals surface area contributed by atoms with Gasteiger partial charge in [0.1, 0.15) is 0 Å². The number of hydrogen-bond donors (Lipinski definition) is 1. The Labute approximate surface area is 147 Å². The molecule has 0 fully saturated rings. The molecule has 1 N–H and O–H groups in total. The number of rotatable bonds is 5. The minimum Gasteiger partial charge on any atom is -0.325 e. The lowest BCUT2D eigenvalue weighted by Crippen LogP contribution is -2.24. The average molecular weight is 374 g/mol. The zero-order valence-corrected chi connectivity index (χ0v) is 14.3. The van der Waals surface area contributed by atoms with E-state index >= 15 is 0 Å². The third-order valence-electron chi connectivity index (χ3n) is 3.23. The van der Waals surface area contributed by atoms with Crippen LogP contribution in [0.2, 0.25) is 5.02 Å². The number of alkyl halides is 3. The van der Waals surface area contributed by atoms with E-state index < -0.39 is 11.7 Å². The normalized spacial score (nSPS) is 12.7. The first kappa shape index (κ1) is 18.7. The smallest absolute Gasteiger partial charge is 0.325 e. The van der Waals surface area contributed by atoms with Crippen molar-refractivity contribution in [3.05, 3.63) is 59.1 Å². The van der Waals surface area contributed by atoms with Crippen LogP contribution in [-0.4, -0.2) is 11.2 Å². The number of nitrogens with one attached hydrogen (secondary N) is 1. The number of benzene rings is 2. The van der Waals surface area contributed by atoms with E-state index in [1.807, 2.05) is 19.1 Å². The zero-order chi connectivity index (χ0) is 17.7. The lowest BCUT2D eigenvalue weighted by atomic mass is 10.2. The molecule has 7 heteroatoms. The summed E-state index contributed by atoms with van der Waals surface area (Å²) < 4.78 is 37.6. The van der Waals surface area contributed by atoms with Gasteiger partial charge in [-0.15, -0.1) is 11.8 Å². The topological polar surface area (TPSA) is 29.1 Å². The molecule has 0 aliphatic carbocycles. The number of anilines is 1. The van der Waals surface area contributed by atoms with E-state index in [0.717, 1.165) is 17.0 Å². The molecule has 0 aliphatic heterocycles. The molecular formula is C17H15ClF3NOS. The fourth-order valence-electron chi connectivity index (χ4n) is 1.96. The highest BCUT2D eigenvalue weighted by Crippen LogP contribution is 2.31. The van der Waals surface area contributed by atoms with E-state index in [2.05, 4.69) is 5.32 Å². The summed E-state index contributed by atoms with van der Waals surface area (Å²) in [7, 11) is 0. The molecule has 1 atom stereocenters. The van der Waals surface area contributed by atoms with Crippen LogP contribution in [-0.2, 0) is 11.0 Å². The van der Waals surface area contributed by atoms with Crippen molar-refractivity contribution in [2.45, 2.75) is 29.7 Å². The van der Waals surface area contributed by atoms with Crippen LogP contribution in [0.25, 0.3) is 0 Å². The standard InChI is InChI=1S/C17H15ClF3NOS/c1-2-15(24-14-9-5-12(18)6-10-14)16(23)22-13-7-3-11(4-8-13)17(19,20)21/h3-10,15H,2H2,1H3,(H,22,23). The Bertz CT molecular complexity index is 686. The molecule has 2 rings (SSSR count). The maximum absolute atomic E-state index is 12.5. The van der Waals surface area contributed by atoms with Crippen molar-refractivity contribution in [3.8, 4) is 0 Å². The summed E-state index contributed by atoms with van der Waals surface area (Å²) in [6.07, 6.45) is -3.81. The highest BCUT2D eigenvalue weighted by atomic mass is 35.5. The summed E-state index contributed by atoms with van der Waals surface area (Å²) in [6, 6.07) is 11.5. The molecule has 0 heterocycles. The first-order valence-corrected chi connectivity index (χ1v) is 8.45. The molecule has 0 bridgehead atoms. The van der Waals surface area contributed by atoms with Crippen LogP contribution in [0.15, 0.2) is 53.4 Å². The third kappa shape index (κ3) is 5.18. The minimum absolute atomic E-state index is 0.253. The van der Waals surface area contributed by atoms with Crippen LogP contribution in [0.1, 0.15) is 18.9 Å². The highest BCUT2D eigenvalue weighted by Gasteiger charge is 2.30. The number of carbonyl (C=O) groups is 1. The van der Waals surface area contributed by atoms with E-state index in [0.29, 0.717) is 17.1 Å². The SMILES string of the molecule is CCC(Sc1ccc(Cl)cc1)C(=O)Nc1ccc(C(F)(F)F)cc1. The summed E-state index contributed by atoms with van der Waals surface area (Å²) in [5.41, 5.74) is -0.411. The summed E-state index contributed by atoms with van der Waals surface area (Å²) in [5.74, 6) is -0.253. The van der Waals surface area contributed by atoms with Gasteiger partial charge in [0.05, 0.1) is 10.8 Å². The van der Waals surface area contributed by atoms with Crippen molar-refractivity contribution < 1.29 is 18.0 Å². The van der Waals surface area contributed by atoms with Gasteiger partial charge in [0.2, 0.25) is 5.91 Å². The quantitative estimate of drug-likeness (QED) is 0.664. The third-order valence-corrected chi connectivity index (χ3v) is 4.86. The summed E-state index contributed by atoms with van der Waals surface area (Å²) in [5, 5.41) is 2.91. The van der Waals surface area contributed by atoms with Crippen LogP contribution < -0.4 is 5.32 Å². The Hall–Kier alpha value is -1.66. The number of thioether (sulfide) groups is 1. The molecule has 2 aromatic rings. The predicted octanol–water partition coefficient (Wildman–Crippen LogP) is 5.87. The molecule has 1 amide bonds. The largest absolute Gasteiger partial charge is 0.416 e. The molecule has 0 aromatic heterocycles. The highest BCUT2D eigenvalue weighted by molar-refractivity contribution is 8.00. The number of carbonyl (C=O) groups excluding carboxylic acids is 1. The van der Waals surface area contributed by atoms with E-state index in [1.165, 1.54) is 23.9 Å². The summed E-state index contributed by atoms with van der Waals surface area (Å²) in [4.78, 5) is 13.2. The molecule has 24 heavy (non-hydrogen) atoms. The molecule has 1 unspecified atom stereocenters. The Kier molecular flexibility index (Phi) is 6.18. The van der Waals surface area contributed by atoms with Gasteiger partial charge in [0.15, 0.2) is 0 Å². The maximum atomic E-state index is 12.5. The summed E-state index contributed by atoms with van der Waals surface area (Å²) in [6.45, 7) is 1.87. The maximum Gasteiger partial charge on any atom is 0.416 e. The van der Waals surface area contributed by atoms with E-state index in [4.69, 9.17) is 11.6 Å². The first-order chi connectivity index (χ1) is 11.3. The van der Waals surface area contributed by atoms with E-state index in [9.17, 15) is 18.0 Å². The Morgan fingerprint density at radius 2 is 1.71 bits per heavy atom. The van der Waals surface area contributed by atoms with Crippen molar-refractivity contribution in [3.63, 3.8) is 0 Å². The Balaban J connectivity index is 2.02. The van der Waals surface area contributed by atoms with Crippen LogP contribution in [0.4, 0.5) is 18.9 Å². The number of halogens is 4. The van der Waals surface area contributed by atoms with Gasteiger partial charge in [-0.3, -0.25) is 4.79 Å². The Morgan fingerprint density at radius 1 is 1.12 bits per heavy atom. The van der Waals surface area contributed by atoms with Gasteiger partial charge in [-0.2, -0.15) is 13.2 Å². The molecule has 0 radical (unpaired) electrons. The van der Waals surface area contributed by atoms with Gasteiger partial charge in [-0.05, 0) is 55.0 Å². The van der Waals surface area contributed by atoms with Gasteiger partial charge in [-0.25, -0.2) is 0 Å². The fraction of sp³-hybridized carbons (Fsp3) is 0.235. The first-order valence-electron chi connectivity index (χ1n) is 7.20. The molecule has 0 saturated heterocycles. The summed E-state index contributed by atoms with van der Waals surface area (Å²) >= 11 is 7.21. The Morgan fingerprint density at radius 3 is 2.21 bits per heavy atom. The molecule has 2 nitrogen and oxygen atoms in total. The second kappa shape index (κ2) is 7.94. The van der Waals surface area contributed by atoms with Crippen molar-refractivity contribution in [1.82, 2.24) is 0 Å². The zero-order valence-electron chi connectivity index (χ0n) is 12.7. The second-order valence-corrected chi connectivity index (χ2v) is 6.75.